The summed E-state index contributed by atoms with van der Waals surface area (Å²) in [4.78, 5) is 24.8. The molecule has 0 saturated heterocycles. The Morgan fingerprint density at radius 2 is 1.91 bits per heavy atom. The smallest absolute Gasteiger partial charge is 0.338 e. The molecule has 0 bridgehead atoms. The maximum Gasteiger partial charge on any atom is 0.338 e. The number of nitrogens with one attached hydrogen (secondary N) is 1. The molecule has 166 valence electrons. The minimum Gasteiger partial charge on any atom is -0.462 e. The second kappa shape index (κ2) is 9.70. The number of nitrogens with zero attached hydrogens (tertiary/aromatic N) is 3. The number of thioether (sulfide) groups is 1. The predicted molar refractivity (Wildman–Crippen MR) is 129 cm³/mol. The number of fused-ring (bicyclic) bond motifs is 3. The summed E-state index contributed by atoms with van der Waals surface area (Å²) in [7, 11) is 0. The summed E-state index contributed by atoms with van der Waals surface area (Å²) in [5.41, 5.74) is 3.18. The van der Waals surface area contributed by atoms with Crippen LogP contribution in [-0.2, 0) is 16.0 Å². The van der Waals surface area contributed by atoms with Gasteiger partial charge in [-0.25, -0.2) is 4.79 Å². The Labute approximate surface area is 194 Å². The summed E-state index contributed by atoms with van der Waals surface area (Å²) >= 11 is 3.10. The quantitative estimate of drug-likeness (QED) is 0.283. The average molecular weight is 469 g/mol. The Bertz CT molecular complexity index is 1260. The van der Waals surface area contributed by atoms with Crippen molar-refractivity contribution in [1.82, 2.24) is 14.6 Å². The molecule has 0 aliphatic rings. The van der Waals surface area contributed by atoms with Gasteiger partial charge in [-0.3, -0.25) is 9.20 Å². The Morgan fingerprint density at radius 3 is 2.59 bits per heavy atom. The molecule has 1 atom stereocenters. The largest absolute Gasteiger partial charge is 0.462 e. The zero-order valence-electron chi connectivity index (χ0n) is 18.1. The first-order chi connectivity index (χ1) is 15.5. The Balaban J connectivity index is 1.54. The Hall–Kier alpha value is -2.91. The predicted octanol–water partition coefficient (Wildman–Crippen LogP) is 5.19. The maximum atomic E-state index is 13.0. The van der Waals surface area contributed by atoms with Gasteiger partial charge in [-0.1, -0.05) is 25.6 Å². The normalized spacial score (nSPS) is 12.2. The minimum atomic E-state index is -0.377. The van der Waals surface area contributed by atoms with Gasteiger partial charge in [-0.2, -0.15) is 0 Å². The molecule has 4 rings (SSSR count). The van der Waals surface area contributed by atoms with Crippen molar-refractivity contribution >= 4 is 56.4 Å². The van der Waals surface area contributed by atoms with Crippen molar-refractivity contribution in [1.29, 1.82) is 0 Å². The number of esters is 1. The fourth-order valence-electron chi connectivity index (χ4n) is 3.46. The van der Waals surface area contributed by atoms with Gasteiger partial charge in [0.1, 0.15) is 10.9 Å². The van der Waals surface area contributed by atoms with Gasteiger partial charge in [0.2, 0.25) is 5.91 Å². The van der Waals surface area contributed by atoms with Gasteiger partial charge in [0.25, 0.3) is 0 Å². The number of hydrogen-bond acceptors (Lipinski definition) is 7. The molecule has 4 aromatic rings. The molecule has 9 heteroatoms. The molecule has 3 heterocycles. The highest BCUT2D eigenvalue weighted by molar-refractivity contribution is 8.00. The van der Waals surface area contributed by atoms with Crippen molar-refractivity contribution in [3.05, 3.63) is 53.2 Å². The van der Waals surface area contributed by atoms with Gasteiger partial charge in [-0.15, -0.1) is 21.5 Å². The highest BCUT2D eigenvalue weighted by atomic mass is 32.2. The number of carbonyl (C=O) groups excluding carboxylic acids is 2. The molecule has 0 aliphatic heterocycles. The van der Waals surface area contributed by atoms with Crippen molar-refractivity contribution < 1.29 is 14.3 Å². The number of aryl methyl sites for hydroxylation is 1. The summed E-state index contributed by atoms with van der Waals surface area (Å²) in [5.74, 6) is 0.406. The minimum absolute atomic E-state index is 0.116. The molecule has 7 nitrogen and oxygen atoms in total. The zero-order chi connectivity index (χ0) is 22.7. The number of aromatic nitrogens is 3. The summed E-state index contributed by atoms with van der Waals surface area (Å²) < 4.78 is 8.31. The number of anilines is 1. The third-order valence-corrected chi connectivity index (χ3v) is 7.25. The van der Waals surface area contributed by atoms with Crippen LogP contribution in [0.2, 0.25) is 0 Å². The van der Waals surface area contributed by atoms with Crippen LogP contribution in [0.1, 0.15) is 43.4 Å². The van der Waals surface area contributed by atoms with Crippen LogP contribution in [0, 0.1) is 0 Å². The lowest BCUT2D eigenvalue weighted by Crippen LogP contribution is -2.25. The number of amides is 1. The van der Waals surface area contributed by atoms with Crippen molar-refractivity contribution in [2.45, 2.75) is 43.9 Å². The molecule has 0 saturated carbocycles. The maximum absolute atomic E-state index is 13.0. The van der Waals surface area contributed by atoms with E-state index in [-0.39, 0.29) is 17.1 Å². The number of rotatable bonds is 8. The number of carbonyl (C=O) groups is 2. The SMILES string of the molecule is CCOC(=O)c1ccc(NC(=O)[C@H](CC)Sc2nnc(CC)n3c2cc2sccc23)cc1. The van der Waals surface area contributed by atoms with Gasteiger partial charge in [-0.05, 0) is 55.1 Å². The van der Waals surface area contributed by atoms with Crippen LogP contribution >= 0.6 is 23.1 Å². The lowest BCUT2D eigenvalue weighted by atomic mass is 10.2. The molecule has 1 N–H and O–H groups in total. The Kier molecular flexibility index (Phi) is 6.76. The zero-order valence-corrected chi connectivity index (χ0v) is 19.8. The van der Waals surface area contributed by atoms with Crippen molar-refractivity contribution in [2.24, 2.45) is 0 Å². The number of benzene rings is 1. The van der Waals surface area contributed by atoms with Gasteiger partial charge in [0.15, 0.2) is 0 Å². The summed E-state index contributed by atoms with van der Waals surface area (Å²) in [6.45, 7) is 6.12. The van der Waals surface area contributed by atoms with Gasteiger partial charge in [0, 0.05) is 12.1 Å². The van der Waals surface area contributed by atoms with E-state index in [1.165, 1.54) is 16.5 Å². The van der Waals surface area contributed by atoms with Crippen LogP contribution in [0.3, 0.4) is 0 Å². The summed E-state index contributed by atoms with van der Waals surface area (Å²) in [6.07, 6.45) is 1.41. The number of thiophene rings is 1. The van der Waals surface area contributed by atoms with E-state index < -0.39 is 0 Å². The van der Waals surface area contributed by atoms with Crippen LogP contribution in [0.15, 0.2) is 46.8 Å². The lowest BCUT2D eigenvalue weighted by Gasteiger charge is -2.15. The van der Waals surface area contributed by atoms with E-state index in [0.717, 1.165) is 28.3 Å². The molecule has 0 unspecified atom stereocenters. The fourth-order valence-corrected chi connectivity index (χ4v) is 5.22. The summed E-state index contributed by atoms with van der Waals surface area (Å²) in [6, 6.07) is 10.9. The van der Waals surface area contributed by atoms with Crippen LogP contribution in [0.25, 0.3) is 15.7 Å². The van der Waals surface area contributed by atoms with Gasteiger partial charge < -0.3 is 10.1 Å². The molecule has 1 aromatic carbocycles. The second-order valence-electron chi connectivity index (χ2n) is 7.11. The van der Waals surface area contributed by atoms with Crippen LogP contribution in [-0.4, -0.2) is 38.3 Å². The summed E-state index contributed by atoms with van der Waals surface area (Å²) in [5, 5.41) is 14.3. The van der Waals surface area contributed by atoms with Gasteiger partial charge >= 0.3 is 5.97 Å². The van der Waals surface area contributed by atoms with Crippen molar-refractivity contribution in [3.63, 3.8) is 0 Å². The lowest BCUT2D eigenvalue weighted by molar-refractivity contribution is -0.115. The molecule has 0 spiro atoms. The van der Waals surface area contributed by atoms with E-state index in [4.69, 9.17) is 4.74 Å². The third kappa shape index (κ3) is 4.35. The topological polar surface area (TPSA) is 85.6 Å². The number of ether oxygens (including phenoxy) is 1. The highest BCUT2D eigenvalue weighted by Crippen LogP contribution is 2.33. The standard InChI is InChI=1S/C23H24N4O3S2/c1-4-18(21(28)24-15-9-7-14(8-10-15)23(29)30-6-3)32-22-17-13-19-16(11-12-31-19)27(17)20(5-2)25-26-22/h7-13,18H,4-6H2,1-3H3,(H,24,28)/t18-/m0/s1. The van der Waals surface area contributed by atoms with E-state index in [9.17, 15) is 9.59 Å². The first-order valence-corrected chi connectivity index (χ1v) is 12.3. The highest BCUT2D eigenvalue weighted by Gasteiger charge is 2.22. The molecule has 0 radical (unpaired) electrons. The van der Waals surface area contributed by atoms with E-state index >= 15 is 0 Å². The fraction of sp³-hybridized carbons (Fsp3) is 0.304. The van der Waals surface area contributed by atoms with E-state index in [1.807, 2.05) is 6.92 Å². The molecular weight excluding hydrogens is 444 g/mol. The van der Waals surface area contributed by atoms with Crippen LogP contribution in [0.5, 0.6) is 0 Å². The molecule has 3 aromatic heterocycles. The van der Waals surface area contributed by atoms with Gasteiger partial charge in [0.05, 0.1) is 33.2 Å². The monoisotopic (exact) mass is 468 g/mol. The van der Waals surface area contributed by atoms with Crippen molar-refractivity contribution in [3.8, 4) is 0 Å². The van der Waals surface area contributed by atoms with E-state index in [2.05, 4.69) is 44.4 Å². The van der Waals surface area contributed by atoms with Crippen LogP contribution in [0.4, 0.5) is 5.69 Å². The van der Waals surface area contributed by atoms with E-state index in [0.29, 0.717) is 24.3 Å². The molecular formula is C23H24N4O3S2. The first kappa shape index (κ1) is 22.3. The number of hydrogen-bond donors (Lipinski definition) is 1. The average Bonchev–Trinajstić information content (AvgIpc) is 3.40. The van der Waals surface area contributed by atoms with Crippen molar-refractivity contribution in [2.75, 3.05) is 11.9 Å². The molecule has 0 fully saturated rings. The molecule has 1 amide bonds. The molecule has 0 aliphatic carbocycles. The third-order valence-electron chi connectivity index (χ3n) is 5.05. The van der Waals surface area contributed by atoms with Crippen LogP contribution < -0.4 is 5.32 Å². The second-order valence-corrected chi connectivity index (χ2v) is 9.25. The molecule has 32 heavy (non-hydrogen) atoms. The Morgan fingerprint density at radius 1 is 1.12 bits per heavy atom. The first-order valence-electron chi connectivity index (χ1n) is 10.5. The van der Waals surface area contributed by atoms with E-state index in [1.54, 1.807) is 42.5 Å².